The number of hydrogen-bond acceptors (Lipinski definition) is 10. The van der Waals surface area contributed by atoms with Gasteiger partial charge in [0.15, 0.2) is 6.29 Å². The fourth-order valence-electron chi connectivity index (χ4n) is 10.0. The third-order valence-electron chi connectivity index (χ3n) is 15.1. The molecule has 0 aromatic carbocycles. The summed E-state index contributed by atoms with van der Waals surface area (Å²) >= 11 is 0. The van der Waals surface area contributed by atoms with E-state index in [1.165, 1.54) is 173 Å². The lowest BCUT2D eigenvalue weighted by molar-refractivity contribution is -0.302. The Morgan fingerprint density at radius 3 is 1.40 bits per heavy atom. The van der Waals surface area contributed by atoms with Gasteiger partial charge < -0.3 is 45.1 Å². The molecular weight excluding hydrogens is 979 g/mol. The number of hydrogen-bond donors (Lipinski definition) is 6. The Hall–Kier alpha value is -2.64. The van der Waals surface area contributed by atoms with Crippen molar-refractivity contribution >= 4 is 11.9 Å². The minimum Gasteiger partial charge on any atom is -0.465 e. The Kier molecular flexibility index (Phi) is 52.9. The van der Waals surface area contributed by atoms with Gasteiger partial charge in [-0.15, -0.1) is 0 Å². The molecule has 0 saturated carbocycles. The highest BCUT2D eigenvalue weighted by atomic mass is 16.7. The molecular formula is C67H121NO10. The summed E-state index contributed by atoms with van der Waals surface area (Å²) < 4.78 is 16.6. The Morgan fingerprint density at radius 1 is 0.487 bits per heavy atom. The lowest BCUT2D eigenvalue weighted by Crippen LogP contribution is -2.60. The third-order valence-corrected chi connectivity index (χ3v) is 15.1. The van der Waals surface area contributed by atoms with Crippen LogP contribution in [0.2, 0.25) is 0 Å². The first kappa shape index (κ1) is 73.4. The van der Waals surface area contributed by atoms with Gasteiger partial charge in [0.25, 0.3) is 0 Å². The van der Waals surface area contributed by atoms with Gasteiger partial charge in [0.2, 0.25) is 5.91 Å². The van der Waals surface area contributed by atoms with E-state index in [9.17, 15) is 35.1 Å². The molecule has 78 heavy (non-hydrogen) atoms. The number of unbranched alkanes of at least 4 members (excludes halogenated alkanes) is 34. The molecule has 1 rings (SSSR count). The van der Waals surface area contributed by atoms with Gasteiger partial charge in [-0.25, -0.2) is 0 Å². The Labute approximate surface area is 478 Å². The van der Waals surface area contributed by atoms with E-state index >= 15 is 0 Å². The summed E-state index contributed by atoms with van der Waals surface area (Å²) in [6.07, 6.45) is 63.7. The number of ether oxygens (including phenoxy) is 3. The number of allylic oxidation sites excluding steroid dienone is 8. The predicted molar refractivity (Wildman–Crippen MR) is 324 cm³/mol. The Morgan fingerprint density at radius 2 is 0.910 bits per heavy atom. The van der Waals surface area contributed by atoms with Crippen molar-refractivity contribution in [2.45, 2.75) is 333 Å². The predicted octanol–water partition coefficient (Wildman–Crippen LogP) is 15.8. The van der Waals surface area contributed by atoms with Crippen molar-refractivity contribution in [2.75, 3.05) is 19.8 Å². The van der Waals surface area contributed by atoms with E-state index in [2.05, 4.69) is 67.8 Å². The lowest BCUT2D eigenvalue weighted by atomic mass is 9.99. The molecule has 0 aromatic heterocycles. The van der Waals surface area contributed by atoms with E-state index in [0.717, 1.165) is 89.9 Å². The fourth-order valence-corrected chi connectivity index (χ4v) is 10.0. The van der Waals surface area contributed by atoms with Crippen LogP contribution in [0.15, 0.2) is 60.8 Å². The second kappa shape index (κ2) is 56.2. The maximum absolute atomic E-state index is 13.0. The van der Waals surface area contributed by atoms with Crippen LogP contribution in [-0.4, -0.2) is 100 Å². The number of nitrogens with one attached hydrogen (secondary N) is 1. The van der Waals surface area contributed by atoms with E-state index in [1.54, 1.807) is 6.08 Å². The molecule has 0 aromatic rings. The standard InChI is InChI=1S/C67H121NO10/c1-3-5-7-9-11-13-15-16-17-18-22-26-29-32-35-39-43-47-51-55-63(72)76-56-52-48-44-40-36-33-30-27-24-21-19-20-23-25-28-31-34-38-42-46-50-54-62(71)68-59(58-77-67-66(75)65(74)64(73)61(57-69)78-67)60(70)53-49-45-41-37-14-12-10-8-6-4-2/h6,8,14,33,36-37,44,48-49,53,59-61,64-67,69-70,73-75H,3-5,7,9-13,15-32,34-35,38-43,45-47,50-52,54-58H2,1-2H3,(H,68,71)/b8-6+,36-33-,37-14+,48-44-,53-49+. The van der Waals surface area contributed by atoms with E-state index < -0.39 is 49.5 Å². The highest BCUT2D eigenvalue weighted by Gasteiger charge is 2.44. The van der Waals surface area contributed by atoms with Gasteiger partial charge in [0.05, 0.1) is 32.0 Å². The maximum Gasteiger partial charge on any atom is 0.305 e. The molecule has 7 unspecified atom stereocenters. The molecule has 1 aliphatic heterocycles. The van der Waals surface area contributed by atoms with Gasteiger partial charge >= 0.3 is 5.97 Å². The van der Waals surface area contributed by atoms with Crippen LogP contribution in [0.3, 0.4) is 0 Å². The second-order valence-corrected chi connectivity index (χ2v) is 22.4. The fraction of sp³-hybridized carbons (Fsp3) is 0.821. The molecule has 1 amide bonds. The van der Waals surface area contributed by atoms with E-state index in [1.807, 2.05) is 6.08 Å². The largest absolute Gasteiger partial charge is 0.465 e. The first-order chi connectivity index (χ1) is 38.2. The summed E-state index contributed by atoms with van der Waals surface area (Å²) in [5.41, 5.74) is 0. The Bertz CT molecular complexity index is 1480. The van der Waals surface area contributed by atoms with Crippen LogP contribution >= 0.6 is 0 Å². The van der Waals surface area contributed by atoms with Crippen LogP contribution in [0.1, 0.15) is 290 Å². The van der Waals surface area contributed by atoms with Gasteiger partial charge in [0, 0.05) is 12.8 Å². The molecule has 11 heteroatoms. The van der Waals surface area contributed by atoms with E-state index in [-0.39, 0.29) is 18.5 Å². The summed E-state index contributed by atoms with van der Waals surface area (Å²) in [7, 11) is 0. The number of carbonyl (C=O) groups excluding carboxylic acids is 2. The molecule has 1 fully saturated rings. The van der Waals surface area contributed by atoms with Crippen LogP contribution in [0.5, 0.6) is 0 Å². The number of rotatable bonds is 56. The molecule has 0 aliphatic carbocycles. The normalized spacial score (nSPS) is 18.9. The molecule has 11 nitrogen and oxygen atoms in total. The summed E-state index contributed by atoms with van der Waals surface area (Å²) in [5, 5.41) is 54.2. The summed E-state index contributed by atoms with van der Waals surface area (Å²) in [6, 6.07) is -0.839. The number of esters is 1. The smallest absolute Gasteiger partial charge is 0.305 e. The molecule has 1 heterocycles. The monoisotopic (exact) mass is 1100 g/mol. The second-order valence-electron chi connectivity index (χ2n) is 22.4. The number of aliphatic hydroxyl groups is 5. The van der Waals surface area contributed by atoms with Crippen molar-refractivity contribution in [2.24, 2.45) is 0 Å². The van der Waals surface area contributed by atoms with Crippen molar-refractivity contribution in [1.29, 1.82) is 0 Å². The summed E-state index contributed by atoms with van der Waals surface area (Å²) in [5.74, 6) is -0.249. The topological polar surface area (TPSA) is 175 Å². The average Bonchev–Trinajstić information content (AvgIpc) is 3.45. The minimum atomic E-state index is -1.58. The zero-order valence-electron chi connectivity index (χ0n) is 50.1. The first-order valence-electron chi connectivity index (χ1n) is 32.6. The first-order valence-corrected chi connectivity index (χ1v) is 32.6. The van der Waals surface area contributed by atoms with Crippen molar-refractivity contribution in [3.8, 4) is 0 Å². The molecule has 0 radical (unpaired) electrons. The molecule has 7 atom stereocenters. The van der Waals surface area contributed by atoms with E-state index in [0.29, 0.717) is 19.4 Å². The van der Waals surface area contributed by atoms with Crippen LogP contribution in [0, 0.1) is 0 Å². The van der Waals surface area contributed by atoms with Gasteiger partial charge in [0.1, 0.15) is 24.4 Å². The van der Waals surface area contributed by atoms with Gasteiger partial charge in [-0.3, -0.25) is 9.59 Å². The zero-order valence-corrected chi connectivity index (χ0v) is 50.1. The molecule has 454 valence electrons. The summed E-state index contributed by atoms with van der Waals surface area (Å²) in [6.45, 7) is 4.10. The van der Waals surface area contributed by atoms with Crippen LogP contribution < -0.4 is 5.32 Å². The van der Waals surface area contributed by atoms with Crippen molar-refractivity contribution in [3.05, 3.63) is 60.8 Å². The number of carbonyl (C=O) groups is 2. The third kappa shape index (κ3) is 45.0. The highest BCUT2D eigenvalue weighted by Crippen LogP contribution is 2.23. The van der Waals surface area contributed by atoms with Crippen LogP contribution in [0.25, 0.3) is 0 Å². The summed E-state index contributed by atoms with van der Waals surface area (Å²) in [4.78, 5) is 25.1. The van der Waals surface area contributed by atoms with Crippen molar-refractivity contribution in [3.63, 3.8) is 0 Å². The highest BCUT2D eigenvalue weighted by molar-refractivity contribution is 5.76. The molecule has 0 spiro atoms. The maximum atomic E-state index is 13.0. The number of aliphatic hydroxyl groups excluding tert-OH is 5. The Balaban J connectivity index is 2.00. The molecule has 1 aliphatic rings. The van der Waals surface area contributed by atoms with Gasteiger partial charge in [-0.05, 0) is 70.6 Å². The van der Waals surface area contributed by atoms with E-state index in [4.69, 9.17) is 14.2 Å². The minimum absolute atomic E-state index is 0.0450. The van der Waals surface area contributed by atoms with Crippen LogP contribution in [-0.2, 0) is 23.8 Å². The molecule has 0 bridgehead atoms. The van der Waals surface area contributed by atoms with Crippen molar-refractivity contribution in [1.82, 2.24) is 5.32 Å². The van der Waals surface area contributed by atoms with Gasteiger partial charge in [-0.1, -0.05) is 267 Å². The number of amides is 1. The lowest BCUT2D eigenvalue weighted by Gasteiger charge is -2.40. The van der Waals surface area contributed by atoms with Crippen molar-refractivity contribution < 1.29 is 49.3 Å². The zero-order chi connectivity index (χ0) is 56.6. The van der Waals surface area contributed by atoms with Crippen LogP contribution in [0.4, 0.5) is 0 Å². The average molecular weight is 1100 g/mol. The molecule has 1 saturated heterocycles. The SMILES string of the molecule is CC/C=C/CC/C=C/CC/C=C/C(O)C(COC1OC(CO)C(O)C(O)C1O)NC(=O)CCCCCCCCCCCCCCCC/C=C\C/C=C\CCOC(=O)CCCCCCCCCCCCCCCCCCCCC. The quantitative estimate of drug-likeness (QED) is 0.0195. The molecule has 6 N–H and O–H groups in total. The van der Waals surface area contributed by atoms with Gasteiger partial charge in [-0.2, -0.15) is 0 Å².